The Kier molecular flexibility index (Phi) is 6.69. The van der Waals surface area contributed by atoms with Gasteiger partial charge in [-0.2, -0.15) is 0 Å². The molecule has 0 bridgehead atoms. The Hall–Kier alpha value is -1.12. The molecule has 0 radical (unpaired) electrons. The maximum absolute atomic E-state index is 4.29. The van der Waals surface area contributed by atoms with E-state index in [2.05, 4.69) is 49.0 Å². The molecule has 0 aliphatic heterocycles. The highest BCUT2D eigenvalue weighted by Crippen LogP contribution is 2.16. The van der Waals surface area contributed by atoms with Crippen molar-refractivity contribution in [3.8, 4) is 0 Å². The molecule has 0 aliphatic rings. The van der Waals surface area contributed by atoms with Crippen molar-refractivity contribution < 1.29 is 0 Å². The van der Waals surface area contributed by atoms with Gasteiger partial charge in [0.15, 0.2) is 0 Å². The molecular weight excluding hydrogens is 222 g/mol. The zero-order valence-electron chi connectivity index (χ0n) is 12.2. The molecule has 1 N–H and O–H groups in total. The fraction of sp³-hybridized carbons (Fsp3) is 0.733. The van der Waals surface area contributed by atoms with E-state index in [9.17, 15) is 0 Å². The molecule has 0 amide bonds. The molecule has 1 atom stereocenters. The zero-order chi connectivity index (χ0) is 13.4. The van der Waals surface area contributed by atoms with Crippen molar-refractivity contribution in [1.82, 2.24) is 9.97 Å². The van der Waals surface area contributed by atoms with E-state index in [0.29, 0.717) is 5.92 Å². The topological polar surface area (TPSA) is 37.8 Å². The van der Waals surface area contributed by atoms with E-state index >= 15 is 0 Å². The SMILES string of the molecule is CCCCC(CC)CNc1cc(C(C)C)ncn1. The van der Waals surface area contributed by atoms with Gasteiger partial charge in [-0.1, -0.05) is 47.0 Å². The van der Waals surface area contributed by atoms with Gasteiger partial charge in [-0.25, -0.2) is 9.97 Å². The first-order valence-corrected chi connectivity index (χ1v) is 7.23. The van der Waals surface area contributed by atoms with Crippen molar-refractivity contribution in [2.24, 2.45) is 5.92 Å². The summed E-state index contributed by atoms with van der Waals surface area (Å²) in [5, 5.41) is 3.45. The van der Waals surface area contributed by atoms with Crippen LogP contribution in [0.5, 0.6) is 0 Å². The summed E-state index contributed by atoms with van der Waals surface area (Å²) in [4.78, 5) is 8.57. The quantitative estimate of drug-likeness (QED) is 0.749. The molecule has 0 spiro atoms. The molecule has 0 saturated carbocycles. The fourth-order valence-electron chi connectivity index (χ4n) is 1.98. The van der Waals surface area contributed by atoms with Gasteiger partial charge >= 0.3 is 0 Å². The van der Waals surface area contributed by atoms with Crippen LogP contribution in [0.4, 0.5) is 5.82 Å². The predicted molar refractivity (Wildman–Crippen MR) is 77.9 cm³/mol. The summed E-state index contributed by atoms with van der Waals surface area (Å²) in [6.45, 7) is 9.84. The molecule has 0 aliphatic carbocycles. The average Bonchev–Trinajstić information content (AvgIpc) is 2.39. The van der Waals surface area contributed by atoms with Crippen LogP contribution in [0.3, 0.4) is 0 Å². The molecule has 102 valence electrons. The third-order valence-electron chi connectivity index (χ3n) is 3.39. The molecule has 18 heavy (non-hydrogen) atoms. The Morgan fingerprint density at radius 1 is 1.22 bits per heavy atom. The number of hydrogen-bond acceptors (Lipinski definition) is 3. The summed E-state index contributed by atoms with van der Waals surface area (Å²) in [5.74, 6) is 2.17. The van der Waals surface area contributed by atoms with Crippen molar-refractivity contribution in [3.63, 3.8) is 0 Å². The van der Waals surface area contributed by atoms with Gasteiger partial charge in [-0.15, -0.1) is 0 Å². The maximum Gasteiger partial charge on any atom is 0.129 e. The molecule has 3 nitrogen and oxygen atoms in total. The van der Waals surface area contributed by atoms with Crippen LogP contribution in [0.1, 0.15) is 65.0 Å². The number of nitrogens with one attached hydrogen (secondary N) is 1. The summed E-state index contributed by atoms with van der Waals surface area (Å²) in [5.41, 5.74) is 1.11. The summed E-state index contributed by atoms with van der Waals surface area (Å²) in [6.07, 6.45) is 6.80. The minimum atomic E-state index is 0.454. The van der Waals surface area contributed by atoms with Crippen LogP contribution in [-0.2, 0) is 0 Å². The molecule has 0 aromatic carbocycles. The van der Waals surface area contributed by atoms with Gasteiger partial charge in [0.2, 0.25) is 0 Å². The minimum absolute atomic E-state index is 0.454. The smallest absolute Gasteiger partial charge is 0.129 e. The van der Waals surface area contributed by atoms with Crippen LogP contribution in [0.15, 0.2) is 12.4 Å². The average molecular weight is 249 g/mol. The van der Waals surface area contributed by atoms with Crippen molar-refractivity contribution in [2.45, 2.75) is 59.3 Å². The molecular formula is C15H27N3. The summed E-state index contributed by atoms with van der Waals surface area (Å²) < 4.78 is 0. The van der Waals surface area contributed by atoms with Gasteiger partial charge in [-0.05, 0) is 18.3 Å². The van der Waals surface area contributed by atoms with Crippen LogP contribution < -0.4 is 5.32 Å². The van der Waals surface area contributed by atoms with E-state index < -0.39 is 0 Å². The van der Waals surface area contributed by atoms with Crippen LogP contribution in [0.2, 0.25) is 0 Å². The van der Waals surface area contributed by atoms with E-state index in [4.69, 9.17) is 0 Å². The highest BCUT2D eigenvalue weighted by atomic mass is 15.0. The number of unbranched alkanes of at least 4 members (excludes halogenated alkanes) is 1. The van der Waals surface area contributed by atoms with Crippen molar-refractivity contribution >= 4 is 5.82 Å². The lowest BCUT2D eigenvalue weighted by Gasteiger charge is -2.16. The fourth-order valence-corrected chi connectivity index (χ4v) is 1.98. The van der Waals surface area contributed by atoms with Crippen molar-refractivity contribution in [3.05, 3.63) is 18.1 Å². The van der Waals surface area contributed by atoms with E-state index in [1.807, 2.05) is 0 Å². The number of hydrogen-bond donors (Lipinski definition) is 1. The van der Waals surface area contributed by atoms with Gasteiger partial charge in [0.25, 0.3) is 0 Å². The molecule has 0 saturated heterocycles. The van der Waals surface area contributed by atoms with Gasteiger partial charge < -0.3 is 5.32 Å². The first-order chi connectivity index (χ1) is 8.67. The third kappa shape index (κ3) is 5.03. The third-order valence-corrected chi connectivity index (χ3v) is 3.39. The van der Waals surface area contributed by atoms with Gasteiger partial charge in [-0.3, -0.25) is 0 Å². The second-order valence-electron chi connectivity index (χ2n) is 5.28. The maximum atomic E-state index is 4.29. The van der Waals surface area contributed by atoms with Crippen LogP contribution in [0.25, 0.3) is 0 Å². The van der Waals surface area contributed by atoms with E-state index in [1.165, 1.54) is 25.7 Å². The number of anilines is 1. The van der Waals surface area contributed by atoms with E-state index in [0.717, 1.165) is 24.0 Å². The van der Waals surface area contributed by atoms with E-state index in [-0.39, 0.29) is 0 Å². The monoisotopic (exact) mass is 249 g/mol. The molecule has 0 fully saturated rings. The van der Waals surface area contributed by atoms with Crippen LogP contribution in [0, 0.1) is 5.92 Å². The van der Waals surface area contributed by atoms with Crippen LogP contribution in [-0.4, -0.2) is 16.5 Å². The Morgan fingerprint density at radius 2 is 2.00 bits per heavy atom. The predicted octanol–water partition coefficient (Wildman–Crippen LogP) is 4.23. The first-order valence-electron chi connectivity index (χ1n) is 7.23. The van der Waals surface area contributed by atoms with Crippen molar-refractivity contribution in [2.75, 3.05) is 11.9 Å². The molecule has 1 aromatic heterocycles. The highest BCUT2D eigenvalue weighted by molar-refractivity contribution is 5.35. The lowest BCUT2D eigenvalue weighted by Crippen LogP contribution is -2.14. The zero-order valence-corrected chi connectivity index (χ0v) is 12.2. The standard InChI is InChI=1S/C15H27N3/c1-5-7-8-13(6-2)10-16-15-9-14(12(3)4)17-11-18-15/h9,11-13H,5-8,10H2,1-4H3,(H,16,17,18). The lowest BCUT2D eigenvalue weighted by molar-refractivity contribution is 0.472. The number of aromatic nitrogens is 2. The number of nitrogens with zero attached hydrogens (tertiary/aromatic N) is 2. The Bertz CT molecular complexity index is 336. The van der Waals surface area contributed by atoms with Crippen molar-refractivity contribution in [1.29, 1.82) is 0 Å². The van der Waals surface area contributed by atoms with Gasteiger partial charge in [0.1, 0.15) is 12.1 Å². The Balaban J connectivity index is 2.48. The summed E-state index contributed by atoms with van der Waals surface area (Å²) >= 11 is 0. The molecule has 1 unspecified atom stereocenters. The normalized spacial score (nSPS) is 12.7. The largest absolute Gasteiger partial charge is 0.370 e. The number of rotatable bonds is 8. The Labute approximate surface area is 111 Å². The minimum Gasteiger partial charge on any atom is -0.370 e. The second kappa shape index (κ2) is 8.06. The highest BCUT2D eigenvalue weighted by Gasteiger charge is 2.07. The van der Waals surface area contributed by atoms with Gasteiger partial charge in [0.05, 0.1) is 0 Å². The second-order valence-corrected chi connectivity index (χ2v) is 5.28. The first kappa shape index (κ1) is 14.9. The Morgan fingerprint density at radius 3 is 2.61 bits per heavy atom. The lowest BCUT2D eigenvalue weighted by atomic mass is 9.99. The molecule has 1 rings (SSSR count). The van der Waals surface area contributed by atoms with Crippen LogP contribution >= 0.6 is 0 Å². The van der Waals surface area contributed by atoms with E-state index in [1.54, 1.807) is 6.33 Å². The summed E-state index contributed by atoms with van der Waals surface area (Å²) in [6, 6.07) is 2.07. The molecule has 3 heteroatoms. The summed E-state index contributed by atoms with van der Waals surface area (Å²) in [7, 11) is 0. The molecule has 1 aromatic rings. The molecule has 1 heterocycles. The van der Waals surface area contributed by atoms with Gasteiger partial charge in [0, 0.05) is 18.3 Å².